The van der Waals surface area contributed by atoms with Crippen molar-refractivity contribution in [3.8, 4) is 29.4 Å². The Morgan fingerprint density at radius 1 is 1.15 bits per heavy atom. The van der Waals surface area contributed by atoms with Crippen LogP contribution in [0.2, 0.25) is 0 Å². The third-order valence-electron chi connectivity index (χ3n) is 6.43. The molecule has 3 rings (SSSR count). The van der Waals surface area contributed by atoms with Gasteiger partial charge < -0.3 is 14.6 Å². The van der Waals surface area contributed by atoms with Gasteiger partial charge in [0.25, 0.3) is 0 Å². The van der Waals surface area contributed by atoms with Gasteiger partial charge in [0.05, 0.1) is 12.0 Å². The van der Waals surface area contributed by atoms with Crippen LogP contribution in [-0.4, -0.2) is 22.6 Å². The fourth-order valence-electron chi connectivity index (χ4n) is 4.41. The Balaban J connectivity index is 1.95. The minimum Gasteiger partial charge on any atom is -0.481 e. The molecule has 6 heteroatoms. The van der Waals surface area contributed by atoms with Crippen LogP contribution in [0.3, 0.4) is 0 Å². The van der Waals surface area contributed by atoms with Crippen molar-refractivity contribution < 1.29 is 24.2 Å². The molecule has 2 aromatic rings. The molecule has 0 aliphatic heterocycles. The normalized spacial score (nSPS) is 21.1. The van der Waals surface area contributed by atoms with Crippen molar-refractivity contribution in [2.45, 2.75) is 39.2 Å². The molecule has 0 radical (unpaired) electrons. The summed E-state index contributed by atoms with van der Waals surface area (Å²) < 4.78 is 11.1. The highest BCUT2D eigenvalue weighted by Gasteiger charge is 2.79. The van der Waals surface area contributed by atoms with Crippen molar-refractivity contribution in [1.82, 2.24) is 0 Å². The fraction of sp³-hybridized carbons (Fsp3) is 0.321. The fourth-order valence-corrected chi connectivity index (χ4v) is 4.41. The lowest BCUT2D eigenvalue weighted by molar-refractivity contribution is -0.146. The van der Waals surface area contributed by atoms with Gasteiger partial charge in [0.15, 0.2) is 0 Å². The average molecular weight is 458 g/mol. The van der Waals surface area contributed by atoms with Gasteiger partial charge in [-0.2, -0.15) is 5.26 Å². The second kappa shape index (κ2) is 9.08. The molecule has 6 nitrogen and oxygen atoms in total. The SMILES string of the molecule is C=CC(C)(C)OC(=O)C#C[C@H]1C(C)(C)[C@]1(C(=O)O)C(C#N)c1cccc(Oc2ccccc2)c1. The van der Waals surface area contributed by atoms with Crippen LogP contribution in [0.1, 0.15) is 39.2 Å². The minimum atomic E-state index is -1.51. The van der Waals surface area contributed by atoms with E-state index in [4.69, 9.17) is 9.47 Å². The summed E-state index contributed by atoms with van der Waals surface area (Å²) in [5, 5.41) is 20.4. The predicted octanol–water partition coefficient (Wildman–Crippen LogP) is 5.32. The summed E-state index contributed by atoms with van der Waals surface area (Å²) in [5.41, 5.74) is -2.76. The first-order valence-corrected chi connectivity index (χ1v) is 10.8. The Bertz CT molecular complexity index is 1210. The number of carbonyl (C=O) groups is 2. The molecule has 1 aliphatic rings. The second-order valence-corrected chi connectivity index (χ2v) is 9.35. The van der Waals surface area contributed by atoms with Gasteiger partial charge in [-0.3, -0.25) is 4.79 Å². The minimum absolute atomic E-state index is 0.487. The largest absolute Gasteiger partial charge is 0.481 e. The number of para-hydroxylation sites is 1. The molecule has 1 N–H and O–H groups in total. The van der Waals surface area contributed by atoms with Gasteiger partial charge in [-0.05, 0) is 55.2 Å². The summed E-state index contributed by atoms with van der Waals surface area (Å²) in [4.78, 5) is 24.8. The van der Waals surface area contributed by atoms with E-state index in [0.29, 0.717) is 17.1 Å². The molecule has 1 unspecified atom stereocenters. The molecule has 0 aromatic heterocycles. The maximum absolute atomic E-state index is 12.6. The highest BCUT2D eigenvalue weighted by molar-refractivity contribution is 5.90. The van der Waals surface area contributed by atoms with Crippen LogP contribution in [0.4, 0.5) is 0 Å². The number of hydrogen-bond donors (Lipinski definition) is 1. The monoisotopic (exact) mass is 457 g/mol. The van der Waals surface area contributed by atoms with Gasteiger partial charge >= 0.3 is 11.9 Å². The zero-order valence-corrected chi connectivity index (χ0v) is 19.7. The number of carboxylic acid groups (broad SMARTS) is 1. The van der Waals surface area contributed by atoms with Gasteiger partial charge in [0, 0.05) is 11.8 Å². The van der Waals surface area contributed by atoms with Crippen LogP contribution in [-0.2, 0) is 14.3 Å². The van der Waals surface area contributed by atoms with Crippen LogP contribution in [0.25, 0.3) is 0 Å². The Morgan fingerprint density at radius 3 is 2.38 bits per heavy atom. The predicted molar refractivity (Wildman–Crippen MR) is 127 cm³/mol. The highest BCUT2D eigenvalue weighted by atomic mass is 16.6. The standard InChI is InChI=1S/C28H27NO5/c1-6-26(2,3)34-24(30)16-15-23-27(4,5)28(23,25(31)32)22(18-29)19-11-10-14-21(17-19)33-20-12-8-7-9-13-20/h6-14,17,22-23H,1H2,2-5H3,(H,31,32)/t22?,23-,28+/m0/s1. The average Bonchev–Trinajstić information content (AvgIpc) is 3.29. The number of aliphatic carboxylic acids is 1. The van der Waals surface area contributed by atoms with E-state index in [1.54, 1.807) is 64.1 Å². The molecule has 1 saturated carbocycles. The lowest BCUT2D eigenvalue weighted by Gasteiger charge is -2.22. The number of carbonyl (C=O) groups excluding carboxylic acids is 1. The molecular weight excluding hydrogens is 430 g/mol. The summed E-state index contributed by atoms with van der Waals surface area (Å²) in [6.45, 7) is 10.4. The maximum atomic E-state index is 12.6. The molecule has 1 aliphatic carbocycles. The van der Waals surface area contributed by atoms with E-state index in [2.05, 4.69) is 24.5 Å². The van der Waals surface area contributed by atoms with Crippen LogP contribution in [0.15, 0.2) is 67.3 Å². The number of rotatable bonds is 7. The third-order valence-corrected chi connectivity index (χ3v) is 6.43. The Labute approximate surface area is 199 Å². The number of nitriles is 1. The lowest BCUT2D eigenvalue weighted by atomic mass is 9.78. The smallest absolute Gasteiger partial charge is 0.385 e. The first-order valence-electron chi connectivity index (χ1n) is 10.8. The molecular formula is C28H27NO5. The van der Waals surface area contributed by atoms with Crippen molar-refractivity contribution >= 4 is 11.9 Å². The van der Waals surface area contributed by atoms with Gasteiger partial charge in [-0.15, -0.1) is 0 Å². The van der Waals surface area contributed by atoms with E-state index < -0.39 is 40.2 Å². The first kappa shape index (κ1) is 24.6. The molecule has 34 heavy (non-hydrogen) atoms. The van der Waals surface area contributed by atoms with E-state index in [1.807, 2.05) is 18.2 Å². The van der Waals surface area contributed by atoms with Crippen molar-refractivity contribution in [3.05, 3.63) is 72.8 Å². The quantitative estimate of drug-likeness (QED) is 0.261. The van der Waals surface area contributed by atoms with Crippen LogP contribution in [0.5, 0.6) is 11.5 Å². The molecule has 174 valence electrons. The Hall–Kier alpha value is -4.03. The molecule has 1 fully saturated rings. The van der Waals surface area contributed by atoms with E-state index in [1.165, 1.54) is 6.08 Å². The van der Waals surface area contributed by atoms with E-state index in [-0.39, 0.29) is 0 Å². The highest BCUT2D eigenvalue weighted by Crippen LogP contribution is 2.74. The number of benzene rings is 2. The van der Waals surface area contributed by atoms with E-state index in [9.17, 15) is 20.0 Å². The molecule has 0 spiro atoms. The summed E-state index contributed by atoms with van der Waals surface area (Å²) >= 11 is 0. The number of ether oxygens (including phenoxy) is 2. The molecule has 0 saturated heterocycles. The summed E-state index contributed by atoms with van der Waals surface area (Å²) in [6, 6.07) is 18.2. The third kappa shape index (κ3) is 4.40. The van der Waals surface area contributed by atoms with Crippen molar-refractivity contribution in [2.24, 2.45) is 16.7 Å². The summed E-state index contributed by atoms with van der Waals surface area (Å²) in [5.74, 6) is 2.64. The molecule has 0 amide bonds. The van der Waals surface area contributed by atoms with Gasteiger partial charge in [-0.25, -0.2) is 4.79 Å². The van der Waals surface area contributed by atoms with Crippen molar-refractivity contribution in [1.29, 1.82) is 5.26 Å². The van der Waals surface area contributed by atoms with Gasteiger partial charge in [0.2, 0.25) is 0 Å². The number of esters is 1. The summed E-state index contributed by atoms with van der Waals surface area (Å²) in [7, 11) is 0. The molecule has 3 atom stereocenters. The molecule has 0 bridgehead atoms. The Morgan fingerprint density at radius 2 is 1.79 bits per heavy atom. The number of hydrogen-bond acceptors (Lipinski definition) is 5. The first-order chi connectivity index (χ1) is 16.0. The maximum Gasteiger partial charge on any atom is 0.385 e. The van der Waals surface area contributed by atoms with Gasteiger partial charge in [-0.1, -0.05) is 56.7 Å². The van der Waals surface area contributed by atoms with Crippen LogP contribution < -0.4 is 4.74 Å². The number of nitrogens with zero attached hydrogens (tertiary/aromatic N) is 1. The zero-order chi connectivity index (χ0) is 25.1. The summed E-state index contributed by atoms with van der Waals surface area (Å²) in [6.07, 6.45) is 1.48. The van der Waals surface area contributed by atoms with Crippen LogP contribution >= 0.6 is 0 Å². The number of carboxylic acids is 1. The van der Waals surface area contributed by atoms with Crippen molar-refractivity contribution in [3.63, 3.8) is 0 Å². The van der Waals surface area contributed by atoms with Gasteiger partial charge in [0.1, 0.15) is 22.5 Å². The lowest BCUT2D eigenvalue weighted by Crippen LogP contribution is -2.29. The van der Waals surface area contributed by atoms with Crippen LogP contribution in [0, 0.1) is 39.9 Å². The second-order valence-electron chi connectivity index (χ2n) is 9.35. The molecule has 2 aromatic carbocycles. The Kier molecular flexibility index (Phi) is 6.57. The topological polar surface area (TPSA) is 96.6 Å². The molecule has 0 heterocycles. The van der Waals surface area contributed by atoms with E-state index >= 15 is 0 Å². The zero-order valence-electron chi connectivity index (χ0n) is 19.7. The van der Waals surface area contributed by atoms with Crippen molar-refractivity contribution in [2.75, 3.05) is 0 Å². The van der Waals surface area contributed by atoms with E-state index in [0.717, 1.165) is 0 Å².